The molecule has 1 saturated carbocycles. The molecule has 1 saturated heterocycles. The van der Waals surface area contributed by atoms with Crippen molar-refractivity contribution < 1.29 is 18.6 Å². The Morgan fingerprint density at radius 2 is 2.00 bits per heavy atom. The van der Waals surface area contributed by atoms with E-state index in [0.29, 0.717) is 55.8 Å². The van der Waals surface area contributed by atoms with Gasteiger partial charge in [-0.3, -0.25) is 9.36 Å². The molecule has 0 unspecified atom stereocenters. The lowest BCUT2D eigenvalue weighted by Gasteiger charge is -2.31. The molecule has 2 aliphatic rings. The number of pyridine rings is 1. The average Bonchev–Trinajstić information content (AvgIpc) is 3.06. The van der Waals surface area contributed by atoms with Gasteiger partial charge in [-0.05, 0) is 45.1 Å². The quantitative estimate of drug-likeness (QED) is 0.601. The molecular formula is C20H29N5O5S. The Morgan fingerprint density at radius 1 is 1.29 bits per heavy atom. The first kappa shape index (κ1) is 22.1. The van der Waals surface area contributed by atoms with Gasteiger partial charge in [0, 0.05) is 36.3 Å². The molecule has 0 spiro atoms. The maximum atomic E-state index is 13.1. The Labute approximate surface area is 181 Å². The number of hydrogen-bond donors (Lipinski definition) is 3. The molecule has 10 nitrogen and oxygen atoms in total. The minimum Gasteiger partial charge on any atom is -0.391 e. The summed E-state index contributed by atoms with van der Waals surface area (Å²) in [5.74, 6) is 0.354. The van der Waals surface area contributed by atoms with Crippen LogP contribution in [0.25, 0.3) is 11.0 Å². The van der Waals surface area contributed by atoms with Gasteiger partial charge in [0.2, 0.25) is 16.0 Å². The fraction of sp³-hybridized carbons (Fsp3) is 0.650. The third-order valence-corrected chi connectivity index (χ3v) is 7.77. The first-order chi connectivity index (χ1) is 14.6. The molecule has 31 heavy (non-hydrogen) atoms. The van der Waals surface area contributed by atoms with Gasteiger partial charge in [0.15, 0.2) is 0 Å². The standard InChI is InChI=1S/C20H29N5O5S/c1-20(28)7-3-4-16(20)25-17-13(10-14(12-26)18(25)27)11-21-19(23-17)22-15-5-8-24(9-6-15)31(2,29)30/h10-11,15-16,26,28H,3-9,12H2,1-2H3,(H,21,22,23)/t16-,20-/m1/s1. The number of anilines is 1. The molecule has 2 atom stereocenters. The van der Waals surface area contributed by atoms with E-state index in [4.69, 9.17) is 0 Å². The molecule has 170 valence electrons. The molecule has 0 amide bonds. The van der Waals surface area contributed by atoms with Gasteiger partial charge in [-0.15, -0.1) is 0 Å². The van der Waals surface area contributed by atoms with Crippen LogP contribution in [0.2, 0.25) is 0 Å². The van der Waals surface area contributed by atoms with Crippen molar-refractivity contribution in [2.75, 3.05) is 24.7 Å². The summed E-state index contributed by atoms with van der Waals surface area (Å²) in [6.45, 7) is 2.19. The number of hydrogen-bond acceptors (Lipinski definition) is 8. The maximum Gasteiger partial charge on any atom is 0.258 e. The zero-order valence-electron chi connectivity index (χ0n) is 17.8. The summed E-state index contributed by atoms with van der Waals surface area (Å²) in [5.41, 5.74) is -0.733. The Morgan fingerprint density at radius 3 is 2.58 bits per heavy atom. The van der Waals surface area contributed by atoms with Crippen LogP contribution in [0.15, 0.2) is 17.1 Å². The molecule has 2 aromatic rings. The lowest BCUT2D eigenvalue weighted by molar-refractivity contribution is 0.0264. The van der Waals surface area contributed by atoms with Gasteiger partial charge in [0.05, 0.1) is 24.5 Å². The largest absolute Gasteiger partial charge is 0.391 e. The van der Waals surface area contributed by atoms with Crippen LogP contribution in [-0.4, -0.2) is 68.5 Å². The fourth-order valence-corrected chi connectivity index (χ4v) is 5.58. The highest BCUT2D eigenvalue weighted by Crippen LogP contribution is 2.39. The van der Waals surface area contributed by atoms with Gasteiger partial charge in [0.25, 0.3) is 5.56 Å². The number of aromatic nitrogens is 3. The predicted molar refractivity (Wildman–Crippen MR) is 116 cm³/mol. The number of aliphatic hydroxyl groups is 2. The number of rotatable bonds is 5. The summed E-state index contributed by atoms with van der Waals surface area (Å²) in [4.78, 5) is 22.0. The summed E-state index contributed by atoms with van der Waals surface area (Å²) in [6.07, 6.45) is 6.10. The van der Waals surface area contributed by atoms with E-state index >= 15 is 0 Å². The predicted octanol–water partition coefficient (Wildman–Crippen LogP) is 0.596. The van der Waals surface area contributed by atoms with E-state index in [-0.39, 0.29) is 17.2 Å². The van der Waals surface area contributed by atoms with Gasteiger partial charge in [-0.2, -0.15) is 4.98 Å². The molecule has 3 N–H and O–H groups in total. The molecule has 0 bridgehead atoms. The minimum absolute atomic E-state index is 0.0157. The van der Waals surface area contributed by atoms with Gasteiger partial charge in [-0.25, -0.2) is 17.7 Å². The van der Waals surface area contributed by atoms with Crippen molar-refractivity contribution in [1.29, 1.82) is 0 Å². The highest BCUT2D eigenvalue weighted by Gasteiger charge is 2.39. The van der Waals surface area contributed by atoms with Gasteiger partial charge < -0.3 is 15.5 Å². The molecule has 4 rings (SSSR count). The van der Waals surface area contributed by atoms with Crippen molar-refractivity contribution >= 4 is 27.0 Å². The summed E-state index contributed by atoms with van der Waals surface area (Å²) in [6, 6.07) is 1.17. The van der Waals surface area contributed by atoms with Gasteiger partial charge >= 0.3 is 0 Å². The normalized spacial score (nSPS) is 25.9. The van der Waals surface area contributed by atoms with Crippen LogP contribution in [0.3, 0.4) is 0 Å². The molecule has 2 fully saturated rings. The van der Waals surface area contributed by atoms with E-state index in [2.05, 4.69) is 15.3 Å². The number of sulfonamides is 1. The second-order valence-electron chi connectivity index (χ2n) is 8.82. The lowest BCUT2D eigenvalue weighted by Crippen LogP contribution is -2.42. The fourth-order valence-electron chi connectivity index (χ4n) is 4.70. The Kier molecular flexibility index (Phi) is 5.80. The van der Waals surface area contributed by atoms with Crippen molar-refractivity contribution in [1.82, 2.24) is 18.8 Å². The molecule has 11 heteroatoms. The van der Waals surface area contributed by atoms with Crippen molar-refractivity contribution in [2.24, 2.45) is 0 Å². The topological polar surface area (TPSA) is 138 Å². The van der Waals surface area contributed by atoms with Gasteiger partial charge in [-0.1, -0.05) is 0 Å². The number of nitrogens with one attached hydrogen (secondary N) is 1. The van der Waals surface area contributed by atoms with E-state index in [9.17, 15) is 23.4 Å². The Balaban J connectivity index is 1.67. The molecule has 1 aliphatic heterocycles. The maximum absolute atomic E-state index is 13.1. The molecule has 0 aromatic carbocycles. The van der Waals surface area contributed by atoms with Crippen molar-refractivity contribution in [3.05, 3.63) is 28.2 Å². The zero-order valence-corrected chi connectivity index (χ0v) is 18.6. The monoisotopic (exact) mass is 451 g/mol. The Hall–Kier alpha value is -2.08. The van der Waals surface area contributed by atoms with Gasteiger partial charge in [0.1, 0.15) is 5.65 Å². The van der Waals surface area contributed by atoms with Crippen LogP contribution in [0.1, 0.15) is 50.6 Å². The second-order valence-corrected chi connectivity index (χ2v) is 10.8. The summed E-state index contributed by atoms with van der Waals surface area (Å²) >= 11 is 0. The lowest BCUT2D eigenvalue weighted by atomic mass is 9.99. The first-order valence-electron chi connectivity index (χ1n) is 10.6. The van der Waals surface area contributed by atoms with Crippen LogP contribution < -0.4 is 10.9 Å². The zero-order chi connectivity index (χ0) is 22.4. The van der Waals surface area contributed by atoms with Crippen LogP contribution in [0.4, 0.5) is 5.95 Å². The van der Waals surface area contributed by atoms with E-state index in [1.807, 2.05) is 0 Å². The summed E-state index contributed by atoms with van der Waals surface area (Å²) in [5, 5.41) is 24.4. The molecular weight excluding hydrogens is 422 g/mol. The smallest absolute Gasteiger partial charge is 0.258 e. The van der Waals surface area contributed by atoms with Crippen LogP contribution in [-0.2, 0) is 16.6 Å². The second kappa shape index (κ2) is 8.12. The molecule has 0 radical (unpaired) electrons. The molecule has 1 aliphatic carbocycles. The van der Waals surface area contributed by atoms with E-state index in [1.54, 1.807) is 19.2 Å². The van der Waals surface area contributed by atoms with E-state index in [1.165, 1.54) is 15.1 Å². The third kappa shape index (κ3) is 4.32. The Bertz CT molecular complexity index is 1140. The summed E-state index contributed by atoms with van der Waals surface area (Å²) < 4.78 is 26.4. The third-order valence-electron chi connectivity index (χ3n) is 6.46. The van der Waals surface area contributed by atoms with Crippen LogP contribution >= 0.6 is 0 Å². The van der Waals surface area contributed by atoms with Crippen molar-refractivity contribution in [3.63, 3.8) is 0 Å². The summed E-state index contributed by atoms with van der Waals surface area (Å²) in [7, 11) is -3.20. The number of fused-ring (bicyclic) bond motifs is 1. The van der Waals surface area contributed by atoms with Crippen LogP contribution in [0.5, 0.6) is 0 Å². The van der Waals surface area contributed by atoms with E-state index < -0.39 is 28.3 Å². The average molecular weight is 452 g/mol. The van der Waals surface area contributed by atoms with Crippen molar-refractivity contribution in [3.8, 4) is 0 Å². The van der Waals surface area contributed by atoms with Crippen molar-refractivity contribution in [2.45, 2.75) is 63.3 Å². The molecule has 2 aromatic heterocycles. The highest BCUT2D eigenvalue weighted by atomic mass is 32.2. The minimum atomic E-state index is -3.20. The number of aliphatic hydroxyl groups excluding tert-OH is 1. The highest BCUT2D eigenvalue weighted by molar-refractivity contribution is 7.88. The number of piperidine rings is 1. The van der Waals surface area contributed by atoms with E-state index in [0.717, 1.165) is 6.42 Å². The van der Waals surface area contributed by atoms with Crippen LogP contribution in [0, 0.1) is 0 Å². The molecule has 3 heterocycles. The first-order valence-corrected chi connectivity index (χ1v) is 12.4. The number of nitrogens with zero attached hydrogens (tertiary/aromatic N) is 4. The SMILES string of the molecule is C[C@@]1(O)CCC[C@H]1n1c(=O)c(CO)cc2cnc(NC3CCN(S(C)(=O)=O)CC3)nc21.